The van der Waals surface area contributed by atoms with Gasteiger partial charge in [-0.05, 0) is 61.0 Å². The highest BCUT2D eigenvalue weighted by molar-refractivity contribution is 5.73. The summed E-state index contributed by atoms with van der Waals surface area (Å²) < 4.78 is 10.9. The van der Waals surface area contributed by atoms with Crippen LogP contribution in [0.15, 0.2) is 18.2 Å². The molecule has 1 aliphatic rings. The molecule has 0 radical (unpaired) electrons. The number of hydrogen-bond acceptors (Lipinski definition) is 4. The van der Waals surface area contributed by atoms with Crippen molar-refractivity contribution in [3.63, 3.8) is 0 Å². The van der Waals surface area contributed by atoms with E-state index in [1.54, 1.807) is 4.90 Å². The third-order valence-corrected chi connectivity index (χ3v) is 4.09. The zero-order chi connectivity index (χ0) is 20.6. The van der Waals surface area contributed by atoms with Crippen LogP contribution in [-0.4, -0.2) is 41.4 Å². The van der Waals surface area contributed by atoms with Crippen molar-refractivity contribution < 1.29 is 19.1 Å². The fraction of sp³-hybridized carbons (Fsp3) is 0.619. The Morgan fingerprint density at radius 2 is 1.41 bits per heavy atom. The molecule has 1 fully saturated rings. The first-order valence-electron chi connectivity index (χ1n) is 9.27. The number of alkyl carbamates (subject to hydrolysis) is 1. The topological polar surface area (TPSA) is 67.9 Å². The maximum absolute atomic E-state index is 12.4. The standard InChI is InChI=1S/C21H32N2O4/c1-14-9-15(2)11-16(10-14)21(22-17(24)26-19(3,4)5)12-23(13-21)18(25)27-20(6,7)8/h9-11H,12-13H2,1-8H3,(H,22,24). The van der Waals surface area contributed by atoms with Gasteiger partial charge in [-0.1, -0.05) is 29.3 Å². The summed E-state index contributed by atoms with van der Waals surface area (Å²) in [5, 5.41) is 2.99. The second-order valence-corrected chi connectivity index (χ2v) is 9.42. The first kappa shape index (κ1) is 21.1. The maximum atomic E-state index is 12.4. The van der Waals surface area contributed by atoms with Crippen molar-refractivity contribution >= 4 is 12.2 Å². The van der Waals surface area contributed by atoms with Gasteiger partial charge in [0.15, 0.2) is 0 Å². The van der Waals surface area contributed by atoms with Crippen molar-refractivity contribution in [3.8, 4) is 0 Å². The van der Waals surface area contributed by atoms with E-state index in [1.165, 1.54) is 0 Å². The molecule has 1 saturated heterocycles. The number of aryl methyl sites for hydroxylation is 2. The van der Waals surface area contributed by atoms with Crippen molar-refractivity contribution in [2.24, 2.45) is 0 Å². The lowest BCUT2D eigenvalue weighted by atomic mass is 9.81. The molecule has 1 aromatic carbocycles. The third-order valence-electron chi connectivity index (χ3n) is 4.09. The van der Waals surface area contributed by atoms with Crippen LogP contribution in [0.1, 0.15) is 58.2 Å². The minimum absolute atomic E-state index is 0.337. The van der Waals surface area contributed by atoms with Crippen LogP contribution in [0, 0.1) is 13.8 Å². The molecular weight excluding hydrogens is 344 g/mol. The van der Waals surface area contributed by atoms with Gasteiger partial charge in [0, 0.05) is 0 Å². The molecule has 0 aromatic heterocycles. The molecule has 1 heterocycles. The lowest BCUT2D eigenvalue weighted by molar-refractivity contribution is -0.0230. The Morgan fingerprint density at radius 1 is 0.926 bits per heavy atom. The highest BCUT2D eigenvalue weighted by Gasteiger charge is 2.49. The number of nitrogens with one attached hydrogen (secondary N) is 1. The SMILES string of the molecule is Cc1cc(C)cc(C2(NC(=O)OC(C)(C)C)CN(C(=O)OC(C)(C)C)C2)c1. The van der Waals surface area contributed by atoms with Gasteiger partial charge in [0.05, 0.1) is 13.1 Å². The fourth-order valence-corrected chi connectivity index (χ4v) is 3.14. The minimum Gasteiger partial charge on any atom is -0.444 e. The van der Waals surface area contributed by atoms with E-state index in [0.717, 1.165) is 16.7 Å². The fourth-order valence-electron chi connectivity index (χ4n) is 3.14. The van der Waals surface area contributed by atoms with Crippen molar-refractivity contribution in [1.29, 1.82) is 0 Å². The van der Waals surface area contributed by atoms with Crippen LogP contribution >= 0.6 is 0 Å². The van der Waals surface area contributed by atoms with E-state index >= 15 is 0 Å². The Morgan fingerprint density at radius 3 is 1.85 bits per heavy atom. The molecule has 2 amide bonds. The quantitative estimate of drug-likeness (QED) is 0.837. The third kappa shape index (κ3) is 5.62. The number of rotatable bonds is 2. The molecule has 1 N–H and O–H groups in total. The van der Waals surface area contributed by atoms with Crippen LogP contribution in [0.4, 0.5) is 9.59 Å². The normalized spacial score (nSPS) is 16.4. The summed E-state index contributed by atoms with van der Waals surface area (Å²) in [6.45, 7) is 15.7. The monoisotopic (exact) mass is 376 g/mol. The van der Waals surface area contributed by atoms with Gasteiger partial charge in [-0.2, -0.15) is 0 Å². The Bertz CT molecular complexity index is 702. The second kappa shape index (κ2) is 7.06. The van der Waals surface area contributed by atoms with Crippen LogP contribution in [0.3, 0.4) is 0 Å². The molecule has 0 spiro atoms. The van der Waals surface area contributed by atoms with Crippen LogP contribution in [0.25, 0.3) is 0 Å². The molecule has 0 aliphatic carbocycles. The predicted molar refractivity (Wildman–Crippen MR) is 105 cm³/mol. The number of amides is 2. The maximum Gasteiger partial charge on any atom is 0.410 e. The van der Waals surface area contributed by atoms with Crippen molar-refractivity contribution in [1.82, 2.24) is 10.2 Å². The zero-order valence-electron chi connectivity index (χ0n) is 17.7. The van der Waals surface area contributed by atoms with E-state index < -0.39 is 22.8 Å². The van der Waals surface area contributed by atoms with Gasteiger partial charge in [0.2, 0.25) is 0 Å². The van der Waals surface area contributed by atoms with E-state index in [2.05, 4.69) is 11.4 Å². The molecule has 2 rings (SSSR count). The van der Waals surface area contributed by atoms with E-state index in [1.807, 2.05) is 67.5 Å². The molecule has 27 heavy (non-hydrogen) atoms. The van der Waals surface area contributed by atoms with Crippen molar-refractivity contribution in [2.45, 2.75) is 72.1 Å². The average molecular weight is 376 g/mol. The summed E-state index contributed by atoms with van der Waals surface area (Å²) in [6.07, 6.45) is -0.876. The van der Waals surface area contributed by atoms with Gasteiger partial charge >= 0.3 is 12.2 Å². The average Bonchev–Trinajstić information content (AvgIpc) is 2.36. The summed E-state index contributed by atoms with van der Waals surface area (Å²) >= 11 is 0. The zero-order valence-corrected chi connectivity index (χ0v) is 17.7. The number of carbonyl (C=O) groups is 2. The molecule has 0 unspecified atom stereocenters. The van der Waals surface area contributed by atoms with Crippen LogP contribution in [0.5, 0.6) is 0 Å². The lowest BCUT2D eigenvalue weighted by Crippen LogP contribution is -2.69. The van der Waals surface area contributed by atoms with Crippen LogP contribution < -0.4 is 5.32 Å². The van der Waals surface area contributed by atoms with Gasteiger partial charge in [0.1, 0.15) is 16.7 Å². The predicted octanol–water partition coefficient (Wildman–Crippen LogP) is 4.27. The Hall–Kier alpha value is -2.24. The number of likely N-dealkylation sites (tertiary alicyclic amines) is 1. The smallest absolute Gasteiger partial charge is 0.410 e. The van der Waals surface area contributed by atoms with Gasteiger partial charge in [-0.15, -0.1) is 0 Å². The first-order chi connectivity index (χ1) is 12.2. The highest BCUT2D eigenvalue weighted by Crippen LogP contribution is 2.34. The summed E-state index contributed by atoms with van der Waals surface area (Å²) in [4.78, 5) is 26.4. The Labute approximate surface area is 162 Å². The van der Waals surface area contributed by atoms with Crippen molar-refractivity contribution in [3.05, 3.63) is 34.9 Å². The highest BCUT2D eigenvalue weighted by atomic mass is 16.6. The van der Waals surface area contributed by atoms with Gasteiger partial charge < -0.3 is 19.7 Å². The van der Waals surface area contributed by atoms with Gasteiger partial charge in [-0.25, -0.2) is 9.59 Å². The molecule has 0 saturated carbocycles. The number of nitrogens with zero attached hydrogens (tertiary/aromatic N) is 1. The molecular formula is C21H32N2O4. The van der Waals surface area contributed by atoms with E-state index in [-0.39, 0.29) is 6.09 Å². The van der Waals surface area contributed by atoms with Crippen LogP contribution in [-0.2, 0) is 15.0 Å². The van der Waals surface area contributed by atoms with Gasteiger partial charge in [0.25, 0.3) is 0 Å². The molecule has 1 aromatic rings. The summed E-state index contributed by atoms with van der Waals surface area (Å²) in [5.41, 5.74) is 1.33. The molecule has 6 heteroatoms. The second-order valence-electron chi connectivity index (χ2n) is 9.42. The summed E-state index contributed by atoms with van der Waals surface area (Å²) in [5.74, 6) is 0. The van der Waals surface area contributed by atoms with E-state index in [4.69, 9.17) is 9.47 Å². The lowest BCUT2D eigenvalue weighted by Gasteiger charge is -2.50. The largest absolute Gasteiger partial charge is 0.444 e. The van der Waals surface area contributed by atoms with Gasteiger partial charge in [-0.3, -0.25) is 0 Å². The number of ether oxygens (including phenoxy) is 2. The Balaban J connectivity index is 2.24. The molecule has 0 bridgehead atoms. The first-order valence-corrected chi connectivity index (χ1v) is 9.27. The number of carbonyl (C=O) groups excluding carboxylic acids is 2. The molecule has 150 valence electrons. The molecule has 6 nitrogen and oxygen atoms in total. The number of benzene rings is 1. The molecule has 0 atom stereocenters. The number of hydrogen-bond donors (Lipinski definition) is 1. The van der Waals surface area contributed by atoms with Crippen molar-refractivity contribution in [2.75, 3.05) is 13.1 Å². The molecule has 1 aliphatic heterocycles. The van der Waals surface area contributed by atoms with Crippen LogP contribution in [0.2, 0.25) is 0 Å². The Kier molecular flexibility index (Phi) is 5.51. The van der Waals surface area contributed by atoms with E-state index in [9.17, 15) is 9.59 Å². The summed E-state index contributed by atoms with van der Waals surface area (Å²) in [6, 6.07) is 6.16. The van der Waals surface area contributed by atoms with E-state index in [0.29, 0.717) is 13.1 Å². The minimum atomic E-state index is -0.685. The summed E-state index contributed by atoms with van der Waals surface area (Å²) in [7, 11) is 0.